The Labute approximate surface area is 163 Å². The quantitative estimate of drug-likeness (QED) is 0.698. The van der Waals surface area contributed by atoms with Crippen LogP contribution < -0.4 is 10.6 Å². The summed E-state index contributed by atoms with van der Waals surface area (Å²) in [7, 11) is -1.62. The van der Waals surface area contributed by atoms with Crippen LogP contribution in [-0.4, -0.2) is 69.3 Å². The zero-order chi connectivity index (χ0) is 20.0. The van der Waals surface area contributed by atoms with Gasteiger partial charge in [-0.1, -0.05) is 19.9 Å². The Morgan fingerprint density at radius 1 is 1.30 bits per heavy atom. The first-order valence-corrected chi connectivity index (χ1v) is 11.1. The number of carbonyl (C=O) groups is 1. The molecule has 1 aromatic carbocycles. The number of benzene rings is 1. The van der Waals surface area contributed by atoms with Crippen molar-refractivity contribution < 1.29 is 13.2 Å². The van der Waals surface area contributed by atoms with Crippen molar-refractivity contribution in [3.05, 3.63) is 23.8 Å². The predicted octanol–water partition coefficient (Wildman–Crippen LogP) is 1.65. The summed E-state index contributed by atoms with van der Waals surface area (Å²) in [4.78, 5) is 14.8. The van der Waals surface area contributed by atoms with Gasteiger partial charge in [0, 0.05) is 31.4 Å². The van der Waals surface area contributed by atoms with Crippen LogP contribution in [0.4, 0.5) is 5.69 Å². The van der Waals surface area contributed by atoms with Crippen LogP contribution >= 0.6 is 0 Å². The van der Waals surface area contributed by atoms with Crippen LogP contribution in [0.5, 0.6) is 0 Å². The molecule has 1 heterocycles. The Morgan fingerprint density at radius 3 is 2.63 bits per heavy atom. The molecular weight excluding hydrogens is 364 g/mol. The second kappa shape index (κ2) is 9.64. The van der Waals surface area contributed by atoms with E-state index in [1.807, 2.05) is 20.9 Å². The Bertz CT molecular complexity index is 747. The van der Waals surface area contributed by atoms with Gasteiger partial charge in [0.2, 0.25) is 15.9 Å². The maximum absolute atomic E-state index is 12.8. The van der Waals surface area contributed by atoms with Crippen LogP contribution in [0.25, 0.3) is 0 Å². The third-order valence-electron chi connectivity index (χ3n) is 5.08. The molecule has 2 rings (SSSR count). The summed E-state index contributed by atoms with van der Waals surface area (Å²) in [5, 5.41) is 6.12. The molecule has 2 N–H and O–H groups in total. The van der Waals surface area contributed by atoms with Crippen LogP contribution in [0.3, 0.4) is 0 Å². The second-order valence-corrected chi connectivity index (χ2v) is 8.89. The average Bonchev–Trinajstić information content (AvgIpc) is 2.64. The molecule has 0 bridgehead atoms. The van der Waals surface area contributed by atoms with Crippen molar-refractivity contribution in [2.45, 2.75) is 44.6 Å². The minimum absolute atomic E-state index is 0.123. The van der Waals surface area contributed by atoms with E-state index in [9.17, 15) is 13.2 Å². The molecule has 0 saturated carbocycles. The molecule has 0 spiro atoms. The molecule has 1 aliphatic rings. The fourth-order valence-corrected chi connectivity index (χ4v) is 5.21. The van der Waals surface area contributed by atoms with E-state index in [2.05, 4.69) is 15.5 Å². The number of piperidine rings is 1. The van der Waals surface area contributed by atoms with Crippen molar-refractivity contribution in [3.8, 4) is 0 Å². The summed E-state index contributed by atoms with van der Waals surface area (Å²) in [6.45, 7) is 8.29. The molecule has 1 aromatic rings. The number of rotatable bonds is 8. The van der Waals surface area contributed by atoms with Crippen molar-refractivity contribution in [1.29, 1.82) is 0 Å². The van der Waals surface area contributed by atoms with Crippen molar-refractivity contribution in [2.75, 3.05) is 45.1 Å². The van der Waals surface area contributed by atoms with E-state index in [0.29, 0.717) is 36.9 Å². The molecule has 1 amide bonds. The molecule has 0 aliphatic carbocycles. The van der Waals surface area contributed by atoms with Gasteiger partial charge in [0.25, 0.3) is 0 Å². The lowest BCUT2D eigenvalue weighted by molar-refractivity contribution is -0.117. The van der Waals surface area contributed by atoms with Crippen molar-refractivity contribution in [3.63, 3.8) is 0 Å². The summed E-state index contributed by atoms with van der Waals surface area (Å²) < 4.78 is 27.1. The largest absolute Gasteiger partial charge is 0.325 e. The lowest BCUT2D eigenvalue weighted by atomic mass is 10.1. The van der Waals surface area contributed by atoms with E-state index in [1.165, 1.54) is 4.31 Å². The smallest absolute Gasteiger partial charge is 0.243 e. The van der Waals surface area contributed by atoms with Crippen LogP contribution in [0.15, 0.2) is 23.1 Å². The van der Waals surface area contributed by atoms with Gasteiger partial charge in [-0.05, 0) is 51.1 Å². The second-order valence-electron chi connectivity index (χ2n) is 6.98. The Morgan fingerprint density at radius 2 is 2.00 bits per heavy atom. The van der Waals surface area contributed by atoms with Gasteiger partial charge in [-0.25, -0.2) is 8.42 Å². The number of aryl methyl sites for hydroxylation is 1. The van der Waals surface area contributed by atoms with Crippen molar-refractivity contribution in [2.24, 2.45) is 0 Å². The monoisotopic (exact) mass is 396 g/mol. The van der Waals surface area contributed by atoms with E-state index in [0.717, 1.165) is 25.9 Å². The van der Waals surface area contributed by atoms with Crippen LogP contribution in [0.2, 0.25) is 0 Å². The van der Waals surface area contributed by atoms with E-state index >= 15 is 0 Å². The highest BCUT2D eigenvalue weighted by molar-refractivity contribution is 7.89. The normalized spacial score (nSPS) is 18.6. The Hall–Kier alpha value is -1.48. The number of nitrogens with one attached hydrogen (secondary N) is 2. The molecule has 8 heteroatoms. The Kier molecular flexibility index (Phi) is 7.79. The molecule has 1 fully saturated rings. The number of anilines is 1. The van der Waals surface area contributed by atoms with Gasteiger partial charge < -0.3 is 10.6 Å². The lowest BCUT2D eigenvalue weighted by Crippen LogP contribution is -2.46. The summed E-state index contributed by atoms with van der Waals surface area (Å²) in [6.07, 6.45) is 2.19. The van der Waals surface area contributed by atoms with Crippen LogP contribution in [0, 0.1) is 6.92 Å². The number of amides is 1. The molecule has 0 radical (unpaired) electrons. The Balaban J connectivity index is 2.10. The van der Waals surface area contributed by atoms with E-state index in [-0.39, 0.29) is 10.8 Å². The fraction of sp³-hybridized carbons (Fsp3) is 0.632. The van der Waals surface area contributed by atoms with Gasteiger partial charge in [-0.2, -0.15) is 4.31 Å². The van der Waals surface area contributed by atoms with Gasteiger partial charge in [0.05, 0.1) is 11.4 Å². The zero-order valence-corrected chi connectivity index (χ0v) is 17.6. The van der Waals surface area contributed by atoms with Gasteiger partial charge >= 0.3 is 0 Å². The molecule has 152 valence electrons. The topological polar surface area (TPSA) is 81.8 Å². The molecule has 27 heavy (non-hydrogen) atoms. The minimum atomic E-state index is -3.56. The summed E-state index contributed by atoms with van der Waals surface area (Å²) >= 11 is 0. The number of nitrogens with zero attached hydrogens (tertiary/aromatic N) is 2. The van der Waals surface area contributed by atoms with E-state index in [1.54, 1.807) is 25.1 Å². The lowest BCUT2D eigenvalue weighted by Gasteiger charge is -2.31. The summed E-state index contributed by atoms with van der Waals surface area (Å²) in [5.74, 6) is -0.123. The average molecular weight is 397 g/mol. The van der Waals surface area contributed by atoms with Crippen molar-refractivity contribution >= 4 is 21.6 Å². The van der Waals surface area contributed by atoms with Crippen LogP contribution in [-0.2, 0) is 14.8 Å². The molecule has 1 atom stereocenters. The number of hydrogen-bond donors (Lipinski definition) is 2. The fourth-order valence-electron chi connectivity index (χ4n) is 3.50. The summed E-state index contributed by atoms with van der Waals surface area (Å²) in [5.41, 5.74) is 1.19. The molecule has 7 nitrogen and oxygen atoms in total. The highest BCUT2D eigenvalue weighted by Crippen LogP contribution is 2.23. The van der Waals surface area contributed by atoms with Gasteiger partial charge in [-0.15, -0.1) is 0 Å². The van der Waals surface area contributed by atoms with Crippen molar-refractivity contribution in [1.82, 2.24) is 14.5 Å². The molecule has 1 saturated heterocycles. The number of likely N-dealkylation sites (N-methyl/N-ethyl adjacent to an activating group) is 1. The number of carbonyl (C=O) groups excluding carboxylic acids is 1. The SMILES string of the molecule is CCN(CC)S(=O)(=O)c1cc(NC(=O)CN2CCCC(NC)C2)ccc1C. The van der Waals surface area contributed by atoms with Crippen LogP contribution in [0.1, 0.15) is 32.3 Å². The highest BCUT2D eigenvalue weighted by atomic mass is 32.2. The molecule has 1 unspecified atom stereocenters. The molecule has 0 aromatic heterocycles. The van der Waals surface area contributed by atoms with E-state index in [4.69, 9.17) is 0 Å². The zero-order valence-electron chi connectivity index (χ0n) is 16.8. The number of hydrogen-bond acceptors (Lipinski definition) is 5. The maximum Gasteiger partial charge on any atom is 0.243 e. The first-order valence-electron chi connectivity index (χ1n) is 9.62. The third kappa shape index (κ3) is 5.51. The minimum Gasteiger partial charge on any atom is -0.325 e. The first-order chi connectivity index (χ1) is 12.8. The first kappa shape index (κ1) is 21.8. The standard InChI is InChI=1S/C19H32N4O3S/c1-5-23(6-2)27(25,26)18-12-16(10-9-15(18)3)21-19(24)14-22-11-7-8-17(13-22)20-4/h9-10,12,17,20H,5-8,11,13-14H2,1-4H3,(H,21,24). The maximum atomic E-state index is 12.8. The highest BCUT2D eigenvalue weighted by Gasteiger charge is 2.24. The van der Waals surface area contributed by atoms with Gasteiger partial charge in [0.15, 0.2) is 0 Å². The summed E-state index contributed by atoms with van der Waals surface area (Å²) in [6, 6.07) is 5.47. The molecule has 1 aliphatic heterocycles. The predicted molar refractivity (Wildman–Crippen MR) is 108 cm³/mol. The molecular formula is C19H32N4O3S. The van der Waals surface area contributed by atoms with E-state index < -0.39 is 10.0 Å². The number of likely N-dealkylation sites (tertiary alicyclic amines) is 1. The third-order valence-corrected chi connectivity index (χ3v) is 7.27. The van der Waals surface area contributed by atoms with Gasteiger partial charge in [0.1, 0.15) is 0 Å². The van der Waals surface area contributed by atoms with Gasteiger partial charge in [-0.3, -0.25) is 9.69 Å². The number of sulfonamides is 1.